The number of rotatable bonds is 4. The lowest BCUT2D eigenvalue weighted by Crippen LogP contribution is -2.26. The first-order valence-corrected chi connectivity index (χ1v) is 7.80. The van der Waals surface area contributed by atoms with Gasteiger partial charge in [-0.25, -0.2) is 4.39 Å². The summed E-state index contributed by atoms with van der Waals surface area (Å²) in [5.41, 5.74) is 4.00. The van der Waals surface area contributed by atoms with Crippen molar-refractivity contribution in [2.45, 2.75) is 38.1 Å². The van der Waals surface area contributed by atoms with E-state index in [0.717, 1.165) is 12.1 Å². The van der Waals surface area contributed by atoms with Crippen molar-refractivity contribution in [2.75, 3.05) is 6.54 Å². The maximum Gasteiger partial charge on any atom is 0.123 e. The van der Waals surface area contributed by atoms with Crippen LogP contribution in [0.4, 0.5) is 4.39 Å². The number of hydrogen-bond donors (Lipinski definition) is 1. The summed E-state index contributed by atoms with van der Waals surface area (Å²) in [4.78, 5) is 0. The van der Waals surface area contributed by atoms with Gasteiger partial charge in [0, 0.05) is 12.6 Å². The highest BCUT2D eigenvalue weighted by molar-refractivity contribution is 5.33. The molecule has 0 saturated heterocycles. The fourth-order valence-corrected chi connectivity index (χ4v) is 3.28. The van der Waals surface area contributed by atoms with Crippen LogP contribution < -0.4 is 5.32 Å². The first-order valence-electron chi connectivity index (χ1n) is 7.80. The van der Waals surface area contributed by atoms with Crippen LogP contribution in [0.3, 0.4) is 0 Å². The third-order valence-corrected chi connectivity index (χ3v) is 4.51. The van der Waals surface area contributed by atoms with Crippen molar-refractivity contribution >= 4 is 0 Å². The van der Waals surface area contributed by atoms with Crippen LogP contribution in [0.1, 0.15) is 48.4 Å². The number of aryl methyl sites for hydroxylation is 1. The Hall–Kier alpha value is -1.67. The molecule has 0 radical (unpaired) electrons. The van der Waals surface area contributed by atoms with Gasteiger partial charge >= 0.3 is 0 Å². The summed E-state index contributed by atoms with van der Waals surface area (Å²) >= 11 is 0. The van der Waals surface area contributed by atoms with Crippen LogP contribution in [0.25, 0.3) is 0 Å². The van der Waals surface area contributed by atoms with Crippen molar-refractivity contribution in [3.63, 3.8) is 0 Å². The van der Waals surface area contributed by atoms with Gasteiger partial charge in [-0.2, -0.15) is 0 Å². The minimum absolute atomic E-state index is 0.163. The molecule has 1 aliphatic carbocycles. The Balaban J connectivity index is 1.66. The van der Waals surface area contributed by atoms with Crippen molar-refractivity contribution < 1.29 is 4.39 Å². The molecular formula is C19H22FN. The second kappa shape index (κ2) is 6.40. The van der Waals surface area contributed by atoms with Gasteiger partial charge in [-0.1, -0.05) is 36.4 Å². The Morgan fingerprint density at radius 2 is 2.05 bits per heavy atom. The Labute approximate surface area is 126 Å². The zero-order valence-corrected chi connectivity index (χ0v) is 12.5. The zero-order chi connectivity index (χ0) is 14.7. The lowest BCUT2D eigenvalue weighted by molar-refractivity contribution is 0.472. The van der Waals surface area contributed by atoms with Gasteiger partial charge in [0.05, 0.1) is 0 Å². The molecule has 0 aliphatic heterocycles. The molecule has 1 aliphatic rings. The topological polar surface area (TPSA) is 12.0 Å². The van der Waals surface area contributed by atoms with Gasteiger partial charge in [0.1, 0.15) is 5.82 Å². The first-order chi connectivity index (χ1) is 10.2. The summed E-state index contributed by atoms with van der Waals surface area (Å²) in [7, 11) is 0. The van der Waals surface area contributed by atoms with Crippen molar-refractivity contribution in [1.82, 2.24) is 5.32 Å². The van der Waals surface area contributed by atoms with Crippen LogP contribution in [0, 0.1) is 5.82 Å². The standard InChI is InChI=1S/C19H22FN/c1-14(16-8-5-10-18(20)12-16)21-13-17-9-4-7-15-6-2-3-11-19(15)17/h2-3,5-6,8,10-12,14,17,21H,4,7,9,13H2,1H3. The van der Waals surface area contributed by atoms with Crippen molar-refractivity contribution in [3.05, 3.63) is 71.0 Å². The molecule has 0 fully saturated rings. The summed E-state index contributed by atoms with van der Waals surface area (Å²) in [5, 5.41) is 3.57. The molecule has 2 unspecified atom stereocenters. The summed E-state index contributed by atoms with van der Waals surface area (Å²) in [6, 6.07) is 15.8. The first kappa shape index (κ1) is 14.3. The summed E-state index contributed by atoms with van der Waals surface area (Å²) in [5.74, 6) is 0.412. The van der Waals surface area contributed by atoms with Crippen molar-refractivity contribution in [3.8, 4) is 0 Å². The Morgan fingerprint density at radius 1 is 1.19 bits per heavy atom. The fraction of sp³-hybridized carbons (Fsp3) is 0.368. The quantitative estimate of drug-likeness (QED) is 0.865. The van der Waals surface area contributed by atoms with E-state index in [1.807, 2.05) is 6.07 Å². The van der Waals surface area contributed by atoms with Crippen molar-refractivity contribution in [2.24, 2.45) is 0 Å². The molecule has 0 amide bonds. The van der Waals surface area contributed by atoms with E-state index in [9.17, 15) is 4.39 Å². The lowest BCUT2D eigenvalue weighted by atomic mass is 9.82. The predicted octanol–water partition coefficient (Wildman–Crippen LogP) is 4.60. The van der Waals surface area contributed by atoms with E-state index >= 15 is 0 Å². The van der Waals surface area contributed by atoms with E-state index in [1.165, 1.54) is 36.5 Å². The normalized spacial score (nSPS) is 19.0. The van der Waals surface area contributed by atoms with Crippen LogP contribution in [-0.2, 0) is 6.42 Å². The monoisotopic (exact) mass is 283 g/mol. The molecule has 2 aromatic carbocycles. The summed E-state index contributed by atoms with van der Waals surface area (Å²) in [6.07, 6.45) is 3.70. The number of hydrogen-bond acceptors (Lipinski definition) is 1. The lowest BCUT2D eigenvalue weighted by Gasteiger charge is -2.27. The van der Waals surface area contributed by atoms with E-state index in [0.29, 0.717) is 5.92 Å². The molecule has 2 atom stereocenters. The van der Waals surface area contributed by atoms with Crippen LogP contribution in [0.5, 0.6) is 0 Å². The smallest absolute Gasteiger partial charge is 0.123 e. The van der Waals surface area contributed by atoms with Crippen LogP contribution in [0.15, 0.2) is 48.5 Å². The Bertz CT molecular complexity index is 608. The highest BCUT2D eigenvalue weighted by atomic mass is 19.1. The zero-order valence-electron chi connectivity index (χ0n) is 12.5. The summed E-state index contributed by atoms with van der Waals surface area (Å²) < 4.78 is 13.3. The SMILES string of the molecule is CC(NCC1CCCc2ccccc21)c1cccc(F)c1. The number of halogens is 1. The Kier molecular flexibility index (Phi) is 4.35. The van der Waals surface area contributed by atoms with E-state index in [2.05, 4.69) is 36.5 Å². The van der Waals surface area contributed by atoms with Gasteiger partial charge < -0.3 is 5.32 Å². The molecule has 0 bridgehead atoms. The molecule has 2 aromatic rings. The van der Waals surface area contributed by atoms with Gasteiger partial charge in [0.15, 0.2) is 0 Å². The molecule has 0 heterocycles. The molecule has 3 rings (SSSR count). The molecule has 0 spiro atoms. The number of fused-ring (bicyclic) bond motifs is 1. The maximum absolute atomic E-state index is 13.3. The van der Waals surface area contributed by atoms with Gasteiger partial charge in [0.2, 0.25) is 0 Å². The molecule has 0 aromatic heterocycles. The fourth-order valence-electron chi connectivity index (χ4n) is 3.28. The molecule has 21 heavy (non-hydrogen) atoms. The van der Waals surface area contributed by atoms with Crippen LogP contribution in [-0.4, -0.2) is 6.54 Å². The highest BCUT2D eigenvalue weighted by Crippen LogP contribution is 2.31. The van der Waals surface area contributed by atoms with E-state index < -0.39 is 0 Å². The Morgan fingerprint density at radius 3 is 2.90 bits per heavy atom. The summed E-state index contributed by atoms with van der Waals surface area (Å²) in [6.45, 7) is 3.05. The van der Waals surface area contributed by atoms with Gasteiger partial charge in [-0.15, -0.1) is 0 Å². The third-order valence-electron chi connectivity index (χ3n) is 4.51. The van der Waals surface area contributed by atoms with E-state index in [4.69, 9.17) is 0 Å². The van der Waals surface area contributed by atoms with E-state index in [1.54, 1.807) is 12.1 Å². The molecule has 110 valence electrons. The third kappa shape index (κ3) is 3.33. The van der Waals surface area contributed by atoms with Crippen molar-refractivity contribution in [1.29, 1.82) is 0 Å². The molecular weight excluding hydrogens is 261 g/mol. The predicted molar refractivity (Wildman–Crippen MR) is 84.9 cm³/mol. The molecule has 2 heteroatoms. The van der Waals surface area contributed by atoms with Crippen LogP contribution in [0.2, 0.25) is 0 Å². The number of nitrogens with one attached hydrogen (secondary N) is 1. The minimum Gasteiger partial charge on any atom is -0.310 e. The van der Waals surface area contributed by atoms with Gasteiger partial charge in [-0.05, 0) is 60.9 Å². The number of benzene rings is 2. The molecule has 1 N–H and O–H groups in total. The molecule has 0 saturated carbocycles. The van der Waals surface area contributed by atoms with Gasteiger partial charge in [-0.3, -0.25) is 0 Å². The minimum atomic E-state index is -0.163. The largest absolute Gasteiger partial charge is 0.310 e. The maximum atomic E-state index is 13.3. The van der Waals surface area contributed by atoms with E-state index in [-0.39, 0.29) is 11.9 Å². The second-order valence-corrected chi connectivity index (χ2v) is 5.97. The molecule has 1 nitrogen and oxygen atoms in total. The average Bonchev–Trinajstić information content (AvgIpc) is 2.52. The highest BCUT2D eigenvalue weighted by Gasteiger charge is 2.20. The average molecular weight is 283 g/mol. The van der Waals surface area contributed by atoms with Gasteiger partial charge in [0.25, 0.3) is 0 Å². The second-order valence-electron chi connectivity index (χ2n) is 5.97. The van der Waals surface area contributed by atoms with Crippen LogP contribution >= 0.6 is 0 Å².